The highest BCUT2D eigenvalue weighted by atomic mass is 35.5. The predicted molar refractivity (Wildman–Crippen MR) is 141 cm³/mol. The molecule has 192 valence electrons. The zero-order valence-corrected chi connectivity index (χ0v) is 21.3. The molecule has 9 heteroatoms. The number of hydrogen-bond donors (Lipinski definition) is 2. The number of anilines is 1. The van der Waals surface area contributed by atoms with E-state index in [-0.39, 0.29) is 18.9 Å². The third-order valence-corrected chi connectivity index (χ3v) is 6.89. The van der Waals surface area contributed by atoms with E-state index in [9.17, 15) is 14.7 Å². The molecule has 0 saturated carbocycles. The predicted octanol–water partition coefficient (Wildman–Crippen LogP) is 5.85. The molecule has 8 nitrogen and oxygen atoms in total. The number of carboxylic acids is 1. The van der Waals surface area contributed by atoms with Gasteiger partial charge in [0, 0.05) is 16.1 Å². The molecule has 0 spiro atoms. The van der Waals surface area contributed by atoms with Crippen LogP contribution < -0.4 is 5.32 Å². The largest absolute Gasteiger partial charge is 0.480 e. The third kappa shape index (κ3) is 4.82. The van der Waals surface area contributed by atoms with Crippen LogP contribution in [0.4, 0.5) is 10.5 Å². The van der Waals surface area contributed by atoms with Crippen LogP contribution in [0.15, 0.2) is 65.2 Å². The smallest absolute Gasteiger partial charge is 0.412 e. The lowest BCUT2D eigenvalue weighted by atomic mass is 9.78. The summed E-state index contributed by atoms with van der Waals surface area (Å²) in [4.78, 5) is 24.3. The van der Waals surface area contributed by atoms with E-state index in [0.29, 0.717) is 33.2 Å². The normalized spacial score (nSPS) is 14.6. The number of aliphatic carboxylic acids is 1. The number of carboxylic acid groups (broad SMARTS) is 1. The molecule has 0 radical (unpaired) electrons. The van der Waals surface area contributed by atoms with Gasteiger partial charge in [-0.1, -0.05) is 59.1 Å². The second-order valence-corrected chi connectivity index (χ2v) is 9.47. The number of carbonyl (C=O) groups is 2. The van der Waals surface area contributed by atoms with Gasteiger partial charge in [0.2, 0.25) is 0 Å². The highest BCUT2D eigenvalue weighted by Gasteiger charge is 2.47. The van der Waals surface area contributed by atoms with Crippen molar-refractivity contribution in [1.82, 2.24) is 5.16 Å². The topological polar surface area (TPSA) is 111 Å². The number of hydrogen-bond acceptors (Lipinski definition) is 6. The lowest BCUT2D eigenvalue weighted by Crippen LogP contribution is -2.53. The molecule has 2 heterocycles. The summed E-state index contributed by atoms with van der Waals surface area (Å²) in [7, 11) is 0. The van der Waals surface area contributed by atoms with Crippen LogP contribution in [-0.2, 0) is 19.7 Å². The fourth-order valence-electron chi connectivity index (χ4n) is 4.24. The Kier molecular flexibility index (Phi) is 6.81. The molecule has 1 aliphatic rings. The van der Waals surface area contributed by atoms with Crippen LogP contribution in [-0.4, -0.2) is 35.5 Å². The van der Waals surface area contributed by atoms with Crippen molar-refractivity contribution in [3.05, 3.63) is 93.8 Å². The Labute approximate surface area is 223 Å². The van der Waals surface area contributed by atoms with E-state index in [1.54, 1.807) is 32.0 Å². The van der Waals surface area contributed by atoms with Crippen LogP contribution in [0.2, 0.25) is 5.02 Å². The van der Waals surface area contributed by atoms with Crippen molar-refractivity contribution in [3.8, 4) is 11.8 Å². The average molecular weight is 531 g/mol. The molecule has 3 aromatic carbocycles. The molecule has 5 rings (SSSR count). The molecule has 1 fully saturated rings. The van der Waals surface area contributed by atoms with Crippen molar-refractivity contribution in [2.24, 2.45) is 0 Å². The number of amides is 1. The maximum atomic E-state index is 12.6. The lowest BCUT2D eigenvalue weighted by Gasteiger charge is -2.37. The highest BCUT2D eigenvalue weighted by Crippen LogP contribution is 2.34. The molecule has 1 saturated heterocycles. The second-order valence-electron chi connectivity index (χ2n) is 9.06. The van der Waals surface area contributed by atoms with Gasteiger partial charge < -0.3 is 19.1 Å². The van der Waals surface area contributed by atoms with Gasteiger partial charge in [0.25, 0.3) is 0 Å². The quantitative estimate of drug-likeness (QED) is 0.311. The van der Waals surface area contributed by atoms with Gasteiger partial charge in [-0.15, -0.1) is 0 Å². The number of carbonyl (C=O) groups excluding carboxylic acids is 1. The van der Waals surface area contributed by atoms with Crippen LogP contribution in [0.1, 0.15) is 41.2 Å². The van der Waals surface area contributed by atoms with Gasteiger partial charge in [-0.05, 0) is 60.4 Å². The Hall–Kier alpha value is -4.32. The van der Waals surface area contributed by atoms with Gasteiger partial charge in [-0.3, -0.25) is 10.1 Å². The summed E-state index contributed by atoms with van der Waals surface area (Å²) in [5.41, 5.74) is 1.70. The Morgan fingerprint density at radius 2 is 1.84 bits per heavy atom. The summed E-state index contributed by atoms with van der Waals surface area (Å²) in [6.07, 6.45) is -1.26. The average Bonchev–Trinajstić information content (AvgIpc) is 3.20. The minimum Gasteiger partial charge on any atom is -0.480 e. The number of aromatic nitrogens is 1. The van der Waals surface area contributed by atoms with Crippen LogP contribution in [0, 0.1) is 18.8 Å². The Bertz CT molecular complexity index is 1610. The van der Waals surface area contributed by atoms with Crippen molar-refractivity contribution >= 4 is 40.1 Å². The fourth-order valence-corrected chi connectivity index (χ4v) is 4.53. The molecule has 1 aliphatic heterocycles. The van der Waals surface area contributed by atoms with E-state index in [1.165, 1.54) is 0 Å². The number of benzene rings is 3. The third-order valence-electron chi connectivity index (χ3n) is 6.54. The standard InChI is InChI=1S/C29H23ClN2O6/c1-17(23-5-3-4-6-24(23)30)37-28(35)31-26-18(2)38-32-25(26)12-8-19-7-9-21-14-22(11-10-20(21)13-19)29(27(33)34)15-36-16-29/h3-7,9-11,13-14,17H,15-16H2,1-2H3,(H,31,35)(H,33,34). The summed E-state index contributed by atoms with van der Waals surface area (Å²) >= 11 is 6.20. The van der Waals surface area contributed by atoms with Gasteiger partial charge in [0.15, 0.2) is 11.5 Å². The zero-order valence-electron chi connectivity index (χ0n) is 20.6. The van der Waals surface area contributed by atoms with E-state index >= 15 is 0 Å². The molecule has 1 unspecified atom stereocenters. The molecule has 4 aromatic rings. The van der Waals surface area contributed by atoms with E-state index in [1.807, 2.05) is 42.5 Å². The summed E-state index contributed by atoms with van der Waals surface area (Å²) in [5, 5.41) is 18.6. The maximum absolute atomic E-state index is 12.6. The minimum atomic E-state index is -0.993. The molecule has 38 heavy (non-hydrogen) atoms. The van der Waals surface area contributed by atoms with Crippen LogP contribution in [0.5, 0.6) is 0 Å². The SMILES string of the molecule is Cc1onc(C#Cc2ccc3cc(C4(C(=O)O)COC4)ccc3c2)c1NC(=O)OC(C)c1ccccc1Cl. The van der Waals surface area contributed by atoms with Gasteiger partial charge in [0.05, 0.1) is 13.2 Å². The number of rotatable bonds is 5. The van der Waals surface area contributed by atoms with Gasteiger partial charge >= 0.3 is 12.1 Å². The minimum absolute atomic E-state index is 0.164. The molecular weight excluding hydrogens is 508 g/mol. The molecule has 1 amide bonds. The maximum Gasteiger partial charge on any atom is 0.412 e. The Balaban J connectivity index is 1.33. The first kappa shape index (κ1) is 25.3. The number of fused-ring (bicyclic) bond motifs is 1. The fraction of sp³-hybridized carbons (Fsp3) is 0.207. The van der Waals surface area contributed by atoms with Crippen molar-refractivity contribution in [1.29, 1.82) is 0 Å². The number of nitrogens with one attached hydrogen (secondary N) is 1. The first-order chi connectivity index (χ1) is 18.3. The number of halogens is 1. The molecule has 1 atom stereocenters. The first-order valence-electron chi connectivity index (χ1n) is 11.8. The highest BCUT2D eigenvalue weighted by molar-refractivity contribution is 6.31. The number of aryl methyl sites for hydroxylation is 1. The molecule has 2 N–H and O–H groups in total. The molecule has 0 bridgehead atoms. The number of ether oxygens (including phenoxy) is 2. The van der Waals surface area contributed by atoms with Crippen molar-refractivity contribution in [2.45, 2.75) is 25.4 Å². The summed E-state index contributed by atoms with van der Waals surface area (Å²) < 4.78 is 15.9. The van der Waals surface area contributed by atoms with Crippen molar-refractivity contribution in [3.63, 3.8) is 0 Å². The van der Waals surface area contributed by atoms with Crippen molar-refractivity contribution < 1.29 is 28.7 Å². The van der Waals surface area contributed by atoms with Crippen LogP contribution in [0.25, 0.3) is 10.8 Å². The van der Waals surface area contributed by atoms with Crippen LogP contribution >= 0.6 is 11.6 Å². The monoisotopic (exact) mass is 530 g/mol. The van der Waals surface area contributed by atoms with E-state index in [0.717, 1.165) is 10.8 Å². The lowest BCUT2D eigenvalue weighted by molar-refractivity contribution is -0.163. The van der Waals surface area contributed by atoms with Crippen LogP contribution in [0.3, 0.4) is 0 Å². The molecule has 0 aliphatic carbocycles. The van der Waals surface area contributed by atoms with Gasteiger partial charge in [-0.2, -0.15) is 0 Å². The summed E-state index contributed by atoms with van der Waals surface area (Å²) in [6.45, 7) is 3.72. The second kappa shape index (κ2) is 10.2. The van der Waals surface area contributed by atoms with E-state index in [2.05, 4.69) is 22.3 Å². The zero-order chi connectivity index (χ0) is 26.9. The molecular formula is C29H23ClN2O6. The van der Waals surface area contributed by atoms with E-state index in [4.69, 9.17) is 25.6 Å². The van der Waals surface area contributed by atoms with Gasteiger partial charge in [0.1, 0.15) is 17.2 Å². The van der Waals surface area contributed by atoms with Gasteiger partial charge in [-0.25, -0.2) is 4.79 Å². The summed E-state index contributed by atoms with van der Waals surface area (Å²) in [6, 6.07) is 18.3. The number of nitrogens with zero attached hydrogens (tertiary/aromatic N) is 1. The van der Waals surface area contributed by atoms with E-state index < -0.39 is 23.6 Å². The Morgan fingerprint density at radius 1 is 1.11 bits per heavy atom. The molecule has 1 aromatic heterocycles. The van der Waals surface area contributed by atoms with Crippen molar-refractivity contribution in [2.75, 3.05) is 18.5 Å². The summed E-state index contributed by atoms with van der Waals surface area (Å²) in [5.74, 6) is 5.48. The Morgan fingerprint density at radius 3 is 2.55 bits per heavy atom. The first-order valence-corrected chi connectivity index (χ1v) is 12.2.